The lowest BCUT2D eigenvalue weighted by atomic mass is 9.97. The van der Waals surface area contributed by atoms with E-state index in [0.29, 0.717) is 13.2 Å². The Morgan fingerprint density at radius 2 is 2.29 bits per heavy atom. The number of nitrogens with one attached hydrogen (secondary N) is 1. The average molecular weight is 255 g/mol. The van der Waals surface area contributed by atoms with Crippen LogP contribution in [-0.4, -0.2) is 30.0 Å². The van der Waals surface area contributed by atoms with Crippen molar-refractivity contribution in [2.24, 2.45) is 0 Å². The van der Waals surface area contributed by atoms with E-state index in [0.717, 1.165) is 19.4 Å². The number of aliphatic hydroxyl groups is 1. The molecule has 1 fully saturated rings. The van der Waals surface area contributed by atoms with Crippen molar-refractivity contribution in [1.29, 1.82) is 0 Å². The van der Waals surface area contributed by atoms with Gasteiger partial charge in [0, 0.05) is 35.9 Å². The molecular weight excluding hydrogens is 234 g/mol. The summed E-state index contributed by atoms with van der Waals surface area (Å²) in [4.78, 5) is 2.75. The van der Waals surface area contributed by atoms with Gasteiger partial charge in [0.25, 0.3) is 0 Å². The normalized spacial score (nSPS) is 28.8. The van der Waals surface area contributed by atoms with Gasteiger partial charge >= 0.3 is 0 Å². The highest BCUT2D eigenvalue weighted by atomic mass is 32.1. The highest BCUT2D eigenvalue weighted by Crippen LogP contribution is 2.25. The molecule has 0 saturated carbocycles. The van der Waals surface area contributed by atoms with Crippen LogP contribution in [0.5, 0.6) is 0 Å². The minimum atomic E-state index is -0.690. The summed E-state index contributed by atoms with van der Waals surface area (Å²) in [6.07, 6.45) is 1.76. The van der Waals surface area contributed by atoms with Crippen molar-refractivity contribution in [1.82, 2.24) is 5.32 Å². The average Bonchev–Trinajstić information content (AvgIpc) is 2.88. The van der Waals surface area contributed by atoms with Crippen LogP contribution in [0.1, 0.15) is 30.0 Å². The Morgan fingerprint density at radius 3 is 2.88 bits per heavy atom. The van der Waals surface area contributed by atoms with Gasteiger partial charge in [0.2, 0.25) is 0 Å². The molecule has 17 heavy (non-hydrogen) atoms. The Bertz CT molecular complexity index is 366. The maximum Gasteiger partial charge on any atom is 0.105 e. The fourth-order valence-corrected chi connectivity index (χ4v) is 3.04. The summed E-state index contributed by atoms with van der Waals surface area (Å²) in [7, 11) is 0. The highest BCUT2D eigenvalue weighted by molar-refractivity contribution is 7.11. The van der Waals surface area contributed by atoms with E-state index >= 15 is 0 Å². The number of ether oxygens (including phenoxy) is 1. The predicted molar refractivity (Wildman–Crippen MR) is 70.4 cm³/mol. The smallest absolute Gasteiger partial charge is 0.105 e. The van der Waals surface area contributed by atoms with Crippen LogP contribution in [0.4, 0.5) is 0 Å². The molecule has 1 aromatic heterocycles. The van der Waals surface area contributed by atoms with Gasteiger partial charge in [-0.2, -0.15) is 0 Å². The Morgan fingerprint density at radius 1 is 1.53 bits per heavy atom. The van der Waals surface area contributed by atoms with Crippen molar-refractivity contribution >= 4 is 11.3 Å². The maximum atomic E-state index is 10.3. The van der Waals surface area contributed by atoms with Crippen LogP contribution in [0, 0.1) is 0 Å². The SMILES string of the molecule is CCc1ccc(CNCC2(O)CCOC2C)s1. The third-order valence-electron chi connectivity index (χ3n) is 3.46. The van der Waals surface area contributed by atoms with E-state index in [2.05, 4.69) is 24.4 Å². The third kappa shape index (κ3) is 3.07. The van der Waals surface area contributed by atoms with E-state index < -0.39 is 5.60 Å². The molecule has 0 radical (unpaired) electrons. The second-order valence-corrected chi connectivity index (χ2v) is 5.94. The van der Waals surface area contributed by atoms with Gasteiger partial charge < -0.3 is 15.2 Å². The first-order chi connectivity index (χ1) is 8.14. The summed E-state index contributed by atoms with van der Waals surface area (Å²) in [6, 6.07) is 4.34. The second-order valence-electron chi connectivity index (χ2n) is 4.69. The lowest BCUT2D eigenvalue weighted by Crippen LogP contribution is -2.45. The molecule has 0 aliphatic carbocycles. The third-order valence-corrected chi connectivity index (χ3v) is 4.69. The number of thiophene rings is 1. The molecule has 0 spiro atoms. The molecule has 2 unspecified atom stereocenters. The first-order valence-corrected chi connectivity index (χ1v) is 7.08. The zero-order valence-electron chi connectivity index (χ0n) is 10.5. The summed E-state index contributed by atoms with van der Waals surface area (Å²) >= 11 is 1.84. The van der Waals surface area contributed by atoms with Crippen LogP contribution in [0.3, 0.4) is 0 Å². The quantitative estimate of drug-likeness (QED) is 0.845. The van der Waals surface area contributed by atoms with E-state index in [1.807, 2.05) is 18.3 Å². The van der Waals surface area contributed by atoms with Gasteiger partial charge in [-0.15, -0.1) is 11.3 Å². The molecule has 96 valence electrons. The topological polar surface area (TPSA) is 41.5 Å². The van der Waals surface area contributed by atoms with Crippen LogP contribution >= 0.6 is 11.3 Å². The van der Waals surface area contributed by atoms with Crippen LogP contribution in [0.15, 0.2) is 12.1 Å². The molecule has 0 bridgehead atoms. The molecule has 2 heterocycles. The standard InChI is InChI=1S/C13H21NO2S/c1-3-11-4-5-12(17-11)8-14-9-13(15)6-7-16-10(13)2/h4-5,10,14-15H,3,6-9H2,1-2H3. The van der Waals surface area contributed by atoms with Crippen molar-refractivity contribution in [3.05, 3.63) is 21.9 Å². The van der Waals surface area contributed by atoms with E-state index in [1.54, 1.807) is 0 Å². The van der Waals surface area contributed by atoms with Gasteiger partial charge in [0.1, 0.15) is 5.60 Å². The van der Waals surface area contributed by atoms with Crippen LogP contribution in [-0.2, 0) is 17.7 Å². The Hall–Kier alpha value is -0.420. The predicted octanol–water partition coefficient (Wildman–Crippen LogP) is 1.94. The van der Waals surface area contributed by atoms with Crippen molar-refractivity contribution in [2.45, 2.75) is 44.9 Å². The van der Waals surface area contributed by atoms with Gasteiger partial charge in [0.15, 0.2) is 0 Å². The summed E-state index contributed by atoms with van der Waals surface area (Å²) in [5, 5.41) is 13.6. The first-order valence-electron chi connectivity index (χ1n) is 6.26. The first kappa shape index (κ1) is 13.0. The Labute approximate surface area is 107 Å². The number of aryl methyl sites for hydroxylation is 1. The van der Waals surface area contributed by atoms with Crippen molar-refractivity contribution in [3.63, 3.8) is 0 Å². The second kappa shape index (κ2) is 5.48. The fraction of sp³-hybridized carbons (Fsp3) is 0.692. The largest absolute Gasteiger partial charge is 0.386 e. The van der Waals surface area contributed by atoms with Crippen molar-refractivity contribution in [3.8, 4) is 0 Å². The van der Waals surface area contributed by atoms with E-state index in [4.69, 9.17) is 4.74 Å². The minimum absolute atomic E-state index is 0.0652. The van der Waals surface area contributed by atoms with E-state index in [9.17, 15) is 5.11 Å². The number of rotatable bonds is 5. The Balaban J connectivity index is 1.79. The molecular formula is C13H21NO2S. The minimum Gasteiger partial charge on any atom is -0.386 e. The van der Waals surface area contributed by atoms with Crippen molar-refractivity contribution in [2.75, 3.05) is 13.2 Å². The molecule has 0 aromatic carbocycles. The van der Waals surface area contributed by atoms with Crippen LogP contribution in [0.25, 0.3) is 0 Å². The van der Waals surface area contributed by atoms with Crippen LogP contribution < -0.4 is 5.32 Å². The van der Waals surface area contributed by atoms with Gasteiger partial charge in [-0.05, 0) is 25.5 Å². The molecule has 1 aliphatic heterocycles. The monoisotopic (exact) mass is 255 g/mol. The summed E-state index contributed by atoms with van der Waals surface area (Å²) in [5.74, 6) is 0. The summed E-state index contributed by atoms with van der Waals surface area (Å²) < 4.78 is 5.41. The van der Waals surface area contributed by atoms with Crippen LogP contribution in [0.2, 0.25) is 0 Å². The molecule has 1 aliphatic rings. The number of hydrogen-bond acceptors (Lipinski definition) is 4. The van der Waals surface area contributed by atoms with Crippen molar-refractivity contribution < 1.29 is 9.84 Å². The summed E-state index contributed by atoms with van der Waals surface area (Å²) in [6.45, 7) is 6.21. The van der Waals surface area contributed by atoms with Gasteiger partial charge in [-0.1, -0.05) is 6.92 Å². The lowest BCUT2D eigenvalue weighted by molar-refractivity contribution is -0.0262. The fourth-order valence-electron chi connectivity index (χ4n) is 2.11. The highest BCUT2D eigenvalue weighted by Gasteiger charge is 2.38. The molecule has 2 rings (SSSR count). The molecule has 2 atom stereocenters. The zero-order valence-corrected chi connectivity index (χ0v) is 11.3. The van der Waals surface area contributed by atoms with E-state index in [-0.39, 0.29) is 6.10 Å². The lowest BCUT2D eigenvalue weighted by Gasteiger charge is -2.26. The molecule has 2 N–H and O–H groups in total. The van der Waals surface area contributed by atoms with E-state index in [1.165, 1.54) is 9.75 Å². The maximum absolute atomic E-state index is 10.3. The van der Waals surface area contributed by atoms with Gasteiger partial charge in [0.05, 0.1) is 6.10 Å². The Kier molecular flexibility index (Phi) is 4.20. The molecule has 1 saturated heterocycles. The molecule has 0 amide bonds. The zero-order chi connectivity index (χ0) is 12.3. The number of hydrogen-bond donors (Lipinski definition) is 2. The summed E-state index contributed by atoms with van der Waals surface area (Å²) in [5.41, 5.74) is -0.690. The van der Waals surface area contributed by atoms with Gasteiger partial charge in [-0.3, -0.25) is 0 Å². The molecule has 1 aromatic rings. The molecule has 4 heteroatoms. The molecule has 3 nitrogen and oxygen atoms in total. The van der Waals surface area contributed by atoms with Gasteiger partial charge in [-0.25, -0.2) is 0 Å².